The lowest BCUT2D eigenvalue weighted by molar-refractivity contribution is 0.0689. The summed E-state index contributed by atoms with van der Waals surface area (Å²) >= 11 is 1.61. The van der Waals surface area contributed by atoms with Crippen molar-refractivity contribution < 1.29 is 9.53 Å². The van der Waals surface area contributed by atoms with Crippen molar-refractivity contribution in [3.8, 4) is 0 Å². The topological polar surface area (TPSA) is 32.8 Å². The van der Waals surface area contributed by atoms with Crippen LogP contribution in [0.3, 0.4) is 0 Å². The van der Waals surface area contributed by atoms with Crippen LogP contribution >= 0.6 is 11.9 Å². The number of hydrogen-bond acceptors (Lipinski definition) is 5. The first kappa shape index (κ1) is 16.6. The molecule has 0 saturated heterocycles. The SMILES string of the molecule is CN(C)Cc1ccc(C(=O)OC2=CN(C)Sc3ccccc32)cc1. The first-order chi connectivity index (χ1) is 11.5. The Bertz CT molecular complexity index is 769. The molecule has 2 aromatic rings. The summed E-state index contributed by atoms with van der Waals surface area (Å²) in [5.41, 5.74) is 2.66. The zero-order chi connectivity index (χ0) is 17.1. The number of nitrogens with zero attached hydrogens (tertiary/aromatic N) is 2. The molecule has 0 N–H and O–H groups in total. The van der Waals surface area contributed by atoms with Crippen LogP contribution in [-0.2, 0) is 11.3 Å². The van der Waals surface area contributed by atoms with Gasteiger partial charge in [0.25, 0.3) is 0 Å². The minimum Gasteiger partial charge on any atom is -0.421 e. The number of fused-ring (bicyclic) bond motifs is 1. The standard InChI is InChI=1S/C19H20N2O2S/c1-20(2)12-14-8-10-15(11-9-14)19(22)23-17-13-21(3)24-18-7-5-4-6-16(17)18/h4-11,13H,12H2,1-3H3. The third-order valence-corrected chi connectivity index (χ3v) is 4.53. The van der Waals surface area contributed by atoms with E-state index in [0.717, 1.165) is 22.6 Å². The summed E-state index contributed by atoms with van der Waals surface area (Å²) < 4.78 is 7.59. The van der Waals surface area contributed by atoms with Crippen molar-refractivity contribution in [2.45, 2.75) is 11.4 Å². The summed E-state index contributed by atoms with van der Waals surface area (Å²) in [5, 5.41) is 0. The van der Waals surface area contributed by atoms with Crippen molar-refractivity contribution in [2.75, 3.05) is 21.1 Å². The van der Waals surface area contributed by atoms with Gasteiger partial charge in [-0.3, -0.25) is 0 Å². The van der Waals surface area contributed by atoms with E-state index in [-0.39, 0.29) is 5.97 Å². The molecule has 0 aromatic heterocycles. The normalized spacial score (nSPS) is 13.5. The number of carbonyl (C=O) groups excluding carboxylic acids is 1. The zero-order valence-corrected chi connectivity index (χ0v) is 14.8. The first-order valence-electron chi connectivity index (χ1n) is 7.71. The van der Waals surface area contributed by atoms with E-state index in [0.29, 0.717) is 11.3 Å². The molecule has 0 atom stereocenters. The summed E-state index contributed by atoms with van der Waals surface area (Å²) in [6, 6.07) is 15.5. The van der Waals surface area contributed by atoms with E-state index in [9.17, 15) is 4.79 Å². The Balaban J connectivity index is 1.77. The van der Waals surface area contributed by atoms with E-state index in [1.165, 1.54) is 0 Å². The molecule has 0 saturated carbocycles. The van der Waals surface area contributed by atoms with Gasteiger partial charge in [-0.25, -0.2) is 4.79 Å². The van der Waals surface area contributed by atoms with Crippen LogP contribution in [0.2, 0.25) is 0 Å². The Kier molecular flexibility index (Phi) is 4.92. The van der Waals surface area contributed by atoms with Crippen LogP contribution in [0.1, 0.15) is 21.5 Å². The highest BCUT2D eigenvalue weighted by atomic mass is 32.2. The molecule has 0 aliphatic carbocycles. The summed E-state index contributed by atoms with van der Waals surface area (Å²) in [5.74, 6) is 0.238. The molecule has 3 rings (SSSR count). The van der Waals surface area contributed by atoms with Gasteiger partial charge in [-0.1, -0.05) is 24.3 Å². The molecule has 0 radical (unpaired) electrons. The molecule has 124 valence electrons. The first-order valence-corrected chi connectivity index (χ1v) is 8.48. The second kappa shape index (κ2) is 7.11. The third kappa shape index (κ3) is 3.80. The average molecular weight is 340 g/mol. The minimum absolute atomic E-state index is 0.340. The third-order valence-electron chi connectivity index (χ3n) is 3.59. The lowest BCUT2D eigenvalue weighted by Crippen LogP contribution is -2.13. The van der Waals surface area contributed by atoms with Crippen LogP contribution in [0, 0.1) is 0 Å². The molecule has 5 heteroatoms. The van der Waals surface area contributed by atoms with Crippen molar-refractivity contribution in [3.63, 3.8) is 0 Å². The highest BCUT2D eigenvalue weighted by Crippen LogP contribution is 2.36. The van der Waals surface area contributed by atoms with Gasteiger partial charge < -0.3 is 13.9 Å². The highest BCUT2D eigenvalue weighted by molar-refractivity contribution is 7.97. The molecule has 0 unspecified atom stereocenters. The Labute approximate surface area is 146 Å². The maximum atomic E-state index is 12.5. The average Bonchev–Trinajstić information content (AvgIpc) is 2.54. The van der Waals surface area contributed by atoms with Crippen molar-refractivity contribution in [1.29, 1.82) is 0 Å². The van der Waals surface area contributed by atoms with Crippen LogP contribution in [-0.4, -0.2) is 36.3 Å². The van der Waals surface area contributed by atoms with E-state index >= 15 is 0 Å². The Hall–Kier alpha value is -2.24. The zero-order valence-electron chi connectivity index (χ0n) is 14.0. The van der Waals surface area contributed by atoms with E-state index < -0.39 is 0 Å². The van der Waals surface area contributed by atoms with Crippen LogP contribution in [0.25, 0.3) is 5.76 Å². The molecule has 1 heterocycles. The Morgan fingerprint density at radius 2 is 1.83 bits per heavy atom. The fraction of sp³-hybridized carbons (Fsp3) is 0.211. The van der Waals surface area contributed by atoms with Crippen LogP contribution in [0.4, 0.5) is 0 Å². The second-order valence-corrected chi connectivity index (χ2v) is 7.15. The van der Waals surface area contributed by atoms with Crippen molar-refractivity contribution in [1.82, 2.24) is 9.21 Å². The monoisotopic (exact) mass is 340 g/mol. The van der Waals surface area contributed by atoms with Crippen LogP contribution < -0.4 is 0 Å². The van der Waals surface area contributed by atoms with Gasteiger partial charge in [-0.15, -0.1) is 0 Å². The molecule has 0 fully saturated rings. The molecular weight excluding hydrogens is 320 g/mol. The largest absolute Gasteiger partial charge is 0.421 e. The van der Waals surface area contributed by atoms with E-state index in [1.807, 2.05) is 80.2 Å². The molecule has 1 aliphatic rings. The maximum absolute atomic E-state index is 12.5. The molecule has 4 nitrogen and oxygen atoms in total. The highest BCUT2D eigenvalue weighted by Gasteiger charge is 2.20. The fourth-order valence-electron chi connectivity index (χ4n) is 2.52. The van der Waals surface area contributed by atoms with Gasteiger partial charge in [0.1, 0.15) is 0 Å². The van der Waals surface area contributed by atoms with Crippen LogP contribution in [0.15, 0.2) is 59.6 Å². The molecule has 24 heavy (non-hydrogen) atoms. The molecule has 0 spiro atoms. The number of esters is 1. The van der Waals surface area contributed by atoms with Gasteiger partial charge in [0.2, 0.25) is 0 Å². The molecule has 2 aromatic carbocycles. The fourth-order valence-corrected chi connectivity index (χ4v) is 3.38. The lowest BCUT2D eigenvalue weighted by Gasteiger charge is -2.23. The summed E-state index contributed by atoms with van der Waals surface area (Å²) in [6.07, 6.45) is 1.84. The summed E-state index contributed by atoms with van der Waals surface area (Å²) in [6.45, 7) is 0.843. The van der Waals surface area contributed by atoms with Crippen molar-refractivity contribution in [3.05, 3.63) is 71.4 Å². The van der Waals surface area contributed by atoms with Crippen molar-refractivity contribution >= 4 is 23.7 Å². The summed E-state index contributed by atoms with van der Waals surface area (Å²) in [4.78, 5) is 15.6. The van der Waals surface area contributed by atoms with Crippen molar-refractivity contribution in [2.24, 2.45) is 0 Å². The molecule has 0 amide bonds. The Morgan fingerprint density at radius 3 is 2.54 bits per heavy atom. The Morgan fingerprint density at radius 1 is 1.12 bits per heavy atom. The van der Waals surface area contributed by atoms with Gasteiger partial charge in [0.05, 0.1) is 11.8 Å². The van der Waals surface area contributed by atoms with Gasteiger partial charge >= 0.3 is 5.97 Å². The molecule has 0 bridgehead atoms. The smallest absolute Gasteiger partial charge is 0.343 e. The minimum atomic E-state index is -0.340. The quantitative estimate of drug-likeness (QED) is 0.623. The summed E-state index contributed by atoms with van der Waals surface area (Å²) in [7, 11) is 5.97. The van der Waals surface area contributed by atoms with E-state index in [4.69, 9.17) is 4.74 Å². The van der Waals surface area contributed by atoms with Crippen LogP contribution in [0.5, 0.6) is 0 Å². The van der Waals surface area contributed by atoms with E-state index in [2.05, 4.69) is 4.90 Å². The number of ether oxygens (including phenoxy) is 1. The van der Waals surface area contributed by atoms with Gasteiger partial charge in [-0.2, -0.15) is 0 Å². The van der Waals surface area contributed by atoms with Gasteiger partial charge in [0.15, 0.2) is 5.76 Å². The predicted molar refractivity (Wildman–Crippen MR) is 97.3 cm³/mol. The number of hydrogen-bond donors (Lipinski definition) is 0. The molecule has 1 aliphatic heterocycles. The number of benzene rings is 2. The predicted octanol–water partition coefficient (Wildman–Crippen LogP) is 3.86. The van der Waals surface area contributed by atoms with E-state index in [1.54, 1.807) is 11.9 Å². The molecular formula is C19H20N2O2S. The number of rotatable bonds is 4. The maximum Gasteiger partial charge on any atom is 0.343 e. The lowest BCUT2D eigenvalue weighted by atomic mass is 10.1. The van der Waals surface area contributed by atoms with Gasteiger partial charge in [-0.05, 0) is 55.9 Å². The van der Waals surface area contributed by atoms with Gasteiger partial charge in [0, 0.05) is 24.1 Å². The second-order valence-electron chi connectivity index (χ2n) is 5.95. The number of carbonyl (C=O) groups is 1.